The molecule has 0 aliphatic rings. The van der Waals surface area contributed by atoms with Gasteiger partial charge in [0.15, 0.2) is 11.5 Å². The van der Waals surface area contributed by atoms with E-state index in [1.165, 1.54) is 0 Å². The predicted octanol–water partition coefficient (Wildman–Crippen LogP) is 5.63. The van der Waals surface area contributed by atoms with Gasteiger partial charge in [0.1, 0.15) is 6.61 Å². The van der Waals surface area contributed by atoms with E-state index >= 15 is 0 Å². The molecule has 2 aromatic carbocycles. The molecular formula is C16H15Cl3O2. The molecule has 2 aromatic rings. The van der Waals surface area contributed by atoms with E-state index in [1.807, 2.05) is 31.2 Å². The third kappa shape index (κ3) is 3.97. The summed E-state index contributed by atoms with van der Waals surface area (Å²) < 4.78 is 11.1. The van der Waals surface area contributed by atoms with Crippen LogP contribution in [0.25, 0.3) is 0 Å². The summed E-state index contributed by atoms with van der Waals surface area (Å²) in [5.74, 6) is 1.41. The molecule has 0 radical (unpaired) electrons. The minimum absolute atomic E-state index is 0.315. The van der Waals surface area contributed by atoms with Crippen molar-refractivity contribution in [1.29, 1.82) is 0 Å². The maximum absolute atomic E-state index is 6.23. The van der Waals surface area contributed by atoms with E-state index in [0.717, 1.165) is 16.7 Å². The molecule has 2 nitrogen and oxygen atoms in total. The predicted molar refractivity (Wildman–Crippen MR) is 88.1 cm³/mol. The summed E-state index contributed by atoms with van der Waals surface area (Å²) in [4.78, 5) is 0. The number of halogens is 3. The highest BCUT2D eigenvalue weighted by atomic mass is 35.5. The van der Waals surface area contributed by atoms with Crippen molar-refractivity contribution in [1.82, 2.24) is 0 Å². The molecule has 0 spiro atoms. The van der Waals surface area contributed by atoms with Crippen molar-refractivity contribution in [2.24, 2.45) is 0 Å². The summed E-state index contributed by atoms with van der Waals surface area (Å²) in [6, 6.07) is 9.40. The molecule has 0 heterocycles. The van der Waals surface area contributed by atoms with Crippen molar-refractivity contribution >= 4 is 34.8 Å². The maximum atomic E-state index is 6.23. The Hall–Kier alpha value is -1.09. The average molecular weight is 346 g/mol. The van der Waals surface area contributed by atoms with Crippen LogP contribution in [-0.4, -0.2) is 7.11 Å². The van der Waals surface area contributed by atoms with Gasteiger partial charge in [0.25, 0.3) is 0 Å². The van der Waals surface area contributed by atoms with Crippen LogP contribution in [0.3, 0.4) is 0 Å². The van der Waals surface area contributed by atoms with E-state index in [9.17, 15) is 0 Å². The highest BCUT2D eigenvalue weighted by molar-refractivity contribution is 6.32. The van der Waals surface area contributed by atoms with Crippen LogP contribution in [0.15, 0.2) is 30.3 Å². The Morgan fingerprint density at radius 1 is 1.05 bits per heavy atom. The first kappa shape index (κ1) is 16.3. The molecule has 0 saturated heterocycles. The SMILES string of the molecule is COc1cc(CCl)cc(Cl)c1OCc1ccc(C)cc1Cl. The van der Waals surface area contributed by atoms with E-state index < -0.39 is 0 Å². The molecule has 21 heavy (non-hydrogen) atoms. The Morgan fingerprint density at radius 2 is 1.81 bits per heavy atom. The topological polar surface area (TPSA) is 18.5 Å². The number of ether oxygens (including phenoxy) is 2. The Bertz CT molecular complexity index is 642. The molecule has 0 fully saturated rings. The molecule has 0 saturated carbocycles. The standard InChI is InChI=1S/C16H15Cl3O2/c1-10-3-4-12(13(18)5-10)9-21-16-14(19)6-11(8-17)7-15(16)20-2/h3-7H,8-9H2,1-2H3. The molecule has 0 aliphatic carbocycles. The second-order valence-corrected chi connectivity index (χ2v) is 5.71. The summed E-state index contributed by atoms with van der Waals surface area (Å²) in [7, 11) is 1.56. The quantitative estimate of drug-likeness (QED) is 0.654. The van der Waals surface area contributed by atoms with Crippen molar-refractivity contribution in [3.05, 3.63) is 57.1 Å². The minimum atomic E-state index is 0.315. The van der Waals surface area contributed by atoms with Crippen LogP contribution in [0, 0.1) is 6.92 Å². The van der Waals surface area contributed by atoms with Gasteiger partial charge in [-0.3, -0.25) is 0 Å². The van der Waals surface area contributed by atoms with E-state index in [1.54, 1.807) is 13.2 Å². The van der Waals surface area contributed by atoms with Crippen LogP contribution in [0.1, 0.15) is 16.7 Å². The summed E-state index contributed by atoms with van der Waals surface area (Å²) in [6.45, 7) is 2.30. The first-order valence-electron chi connectivity index (χ1n) is 6.35. The third-order valence-electron chi connectivity index (χ3n) is 3.02. The van der Waals surface area contributed by atoms with Crippen LogP contribution in [0.5, 0.6) is 11.5 Å². The number of methoxy groups -OCH3 is 1. The molecule has 0 unspecified atom stereocenters. The largest absolute Gasteiger partial charge is 0.493 e. The zero-order chi connectivity index (χ0) is 15.4. The Morgan fingerprint density at radius 3 is 2.43 bits per heavy atom. The summed E-state index contributed by atoms with van der Waals surface area (Å²) >= 11 is 18.2. The van der Waals surface area contributed by atoms with Crippen molar-refractivity contribution in [3.63, 3.8) is 0 Å². The van der Waals surface area contributed by atoms with Gasteiger partial charge >= 0.3 is 0 Å². The lowest BCUT2D eigenvalue weighted by Crippen LogP contribution is -2.00. The van der Waals surface area contributed by atoms with Gasteiger partial charge in [-0.05, 0) is 36.2 Å². The van der Waals surface area contributed by atoms with Gasteiger partial charge in [0, 0.05) is 16.5 Å². The average Bonchev–Trinajstić information content (AvgIpc) is 2.46. The lowest BCUT2D eigenvalue weighted by atomic mass is 10.1. The fraction of sp³-hybridized carbons (Fsp3) is 0.250. The van der Waals surface area contributed by atoms with Gasteiger partial charge < -0.3 is 9.47 Å². The molecule has 0 N–H and O–H groups in total. The van der Waals surface area contributed by atoms with Crippen molar-refractivity contribution in [2.45, 2.75) is 19.4 Å². The van der Waals surface area contributed by atoms with Gasteiger partial charge in [0.2, 0.25) is 0 Å². The Labute approximate surface area is 139 Å². The monoisotopic (exact) mass is 344 g/mol. The first-order valence-corrected chi connectivity index (χ1v) is 7.64. The fourth-order valence-corrected chi connectivity index (χ4v) is 2.64. The van der Waals surface area contributed by atoms with E-state index in [2.05, 4.69) is 0 Å². The first-order chi connectivity index (χ1) is 10.0. The molecule has 5 heteroatoms. The highest BCUT2D eigenvalue weighted by Crippen LogP contribution is 2.37. The van der Waals surface area contributed by atoms with Crippen LogP contribution >= 0.6 is 34.8 Å². The number of rotatable bonds is 5. The molecule has 2 rings (SSSR count). The van der Waals surface area contributed by atoms with Gasteiger partial charge in [-0.15, -0.1) is 11.6 Å². The lowest BCUT2D eigenvalue weighted by molar-refractivity contribution is 0.284. The van der Waals surface area contributed by atoms with E-state index in [-0.39, 0.29) is 0 Å². The number of aryl methyl sites for hydroxylation is 1. The Balaban J connectivity index is 2.23. The van der Waals surface area contributed by atoms with Gasteiger partial charge in [-0.25, -0.2) is 0 Å². The summed E-state index contributed by atoms with van der Waals surface area (Å²) in [6.07, 6.45) is 0. The van der Waals surface area contributed by atoms with Crippen LogP contribution in [0.4, 0.5) is 0 Å². The number of hydrogen-bond donors (Lipinski definition) is 0. The van der Waals surface area contributed by atoms with Crippen molar-refractivity contribution in [2.75, 3.05) is 7.11 Å². The van der Waals surface area contributed by atoms with E-state index in [0.29, 0.717) is 34.0 Å². The zero-order valence-electron chi connectivity index (χ0n) is 11.8. The summed E-state index contributed by atoms with van der Waals surface area (Å²) in [5.41, 5.74) is 2.87. The number of alkyl halides is 1. The molecule has 0 bridgehead atoms. The lowest BCUT2D eigenvalue weighted by Gasteiger charge is -2.14. The molecule has 0 atom stereocenters. The normalized spacial score (nSPS) is 10.5. The molecule has 0 aromatic heterocycles. The molecule has 0 aliphatic heterocycles. The number of benzene rings is 2. The van der Waals surface area contributed by atoms with Gasteiger partial charge in [0.05, 0.1) is 12.1 Å². The van der Waals surface area contributed by atoms with Gasteiger partial charge in [-0.2, -0.15) is 0 Å². The van der Waals surface area contributed by atoms with Crippen LogP contribution in [0.2, 0.25) is 10.0 Å². The molecule has 0 amide bonds. The second kappa shape index (κ2) is 7.26. The van der Waals surface area contributed by atoms with Gasteiger partial charge in [-0.1, -0.05) is 35.3 Å². The number of hydrogen-bond acceptors (Lipinski definition) is 2. The smallest absolute Gasteiger partial charge is 0.180 e. The van der Waals surface area contributed by atoms with Crippen LogP contribution in [-0.2, 0) is 12.5 Å². The third-order valence-corrected chi connectivity index (χ3v) is 3.97. The fourth-order valence-electron chi connectivity index (χ4n) is 1.91. The zero-order valence-corrected chi connectivity index (χ0v) is 14.0. The maximum Gasteiger partial charge on any atom is 0.180 e. The van der Waals surface area contributed by atoms with Crippen molar-refractivity contribution < 1.29 is 9.47 Å². The van der Waals surface area contributed by atoms with Crippen molar-refractivity contribution in [3.8, 4) is 11.5 Å². The highest BCUT2D eigenvalue weighted by Gasteiger charge is 2.13. The minimum Gasteiger partial charge on any atom is -0.493 e. The molecular weight excluding hydrogens is 331 g/mol. The summed E-state index contributed by atoms with van der Waals surface area (Å²) in [5, 5.41) is 1.13. The molecule has 112 valence electrons. The second-order valence-electron chi connectivity index (χ2n) is 4.63. The Kier molecular flexibility index (Phi) is 5.63. The van der Waals surface area contributed by atoms with E-state index in [4.69, 9.17) is 44.3 Å². The van der Waals surface area contributed by atoms with Crippen LogP contribution < -0.4 is 9.47 Å².